The molecule has 4 rings (SSSR count). The molecule has 1 aliphatic rings. The maximum Gasteiger partial charge on any atom is 0.270 e. The summed E-state index contributed by atoms with van der Waals surface area (Å²) in [5.41, 5.74) is 0.955. The minimum absolute atomic E-state index is 0.0893. The zero-order valence-electron chi connectivity index (χ0n) is 24.2. The highest BCUT2D eigenvalue weighted by Crippen LogP contribution is 2.21. The SMILES string of the molecule is CCCN(CCO)C(=O)/C(C#N)=c1\s/c(=C/Nc2ccc3cc(C(=O)NCCN4CCCC4)ccc3c2)c(=O)n1CC. The third-order valence-corrected chi connectivity index (χ3v) is 8.43. The fourth-order valence-corrected chi connectivity index (χ4v) is 6.19. The van der Waals surface area contributed by atoms with Gasteiger partial charge in [-0.05, 0) is 74.3 Å². The molecule has 0 unspecified atom stereocenters. The number of anilines is 1. The first-order valence-corrected chi connectivity index (χ1v) is 15.3. The number of aliphatic hydroxyl groups excluding tert-OH is 1. The van der Waals surface area contributed by atoms with E-state index in [1.807, 2.05) is 43.3 Å². The Kier molecular flexibility index (Phi) is 10.9. The van der Waals surface area contributed by atoms with Crippen molar-refractivity contribution in [2.45, 2.75) is 39.7 Å². The number of benzene rings is 2. The summed E-state index contributed by atoms with van der Waals surface area (Å²) in [6.07, 6.45) is 4.72. The number of thiazole rings is 1. The number of aliphatic hydroxyl groups is 1. The summed E-state index contributed by atoms with van der Waals surface area (Å²) in [6, 6.07) is 13.3. The van der Waals surface area contributed by atoms with Gasteiger partial charge in [-0.1, -0.05) is 19.1 Å². The van der Waals surface area contributed by atoms with Crippen LogP contribution in [0, 0.1) is 11.3 Å². The summed E-state index contributed by atoms with van der Waals surface area (Å²) in [6.45, 7) is 8.01. The second kappa shape index (κ2) is 14.8. The Balaban J connectivity index is 1.54. The van der Waals surface area contributed by atoms with Crippen molar-refractivity contribution in [3.8, 4) is 6.07 Å². The van der Waals surface area contributed by atoms with Crippen molar-refractivity contribution in [2.75, 3.05) is 51.2 Å². The summed E-state index contributed by atoms with van der Waals surface area (Å²) in [7, 11) is 0. The average Bonchev–Trinajstić information content (AvgIpc) is 3.63. The molecule has 1 aliphatic heterocycles. The number of hydrogen-bond donors (Lipinski definition) is 3. The number of nitriles is 1. The molecule has 2 heterocycles. The maximum absolute atomic E-state index is 13.1. The van der Waals surface area contributed by atoms with Crippen LogP contribution in [0.25, 0.3) is 22.5 Å². The third-order valence-electron chi connectivity index (χ3n) is 7.30. The van der Waals surface area contributed by atoms with E-state index in [1.165, 1.54) is 22.3 Å². The predicted octanol–water partition coefficient (Wildman–Crippen LogP) is 1.66. The fraction of sp³-hybridized carbons (Fsp3) is 0.419. The summed E-state index contributed by atoms with van der Waals surface area (Å²) in [4.78, 5) is 42.7. The third kappa shape index (κ3) is 7.26. The van der Waals surface area contributed by atoms with E-state index in [4.69, 9.17) is 0 Å². The van der Waals surface area contributed by atoms with Gasteiger partial charge in [-0.25, -0.2) is 0 Å². The van der Waals surface area contributed by atoms with Crippen molar-refractivity contribution in [2.24, 2.45) is 0 Å². The number of carbonyl (C=O) groups is 2. The number of rotatable bonds is 12. The molecule has 1 fully saturated rings. The van der Waals surface area contributed by atoms with Crippen molar-refractivity contribution in [1.82, 2.24) is 19.7 Å². The first-order chi connectivity index (χ1) is 20.4. The van der Waals surface area contributed by atoms with Crippen molar-refractivity contribution in [3.63, 3.8) is 0 Å². The van der Waals surface area contributed by atoms with Crippen LogP contribution in [0.1, 0.15) is 43.5 Å². The van der Waals surface area contributed by atoms with E-state index in [2.05, 4.69) is 15.5 Å². The highest BCUT2D eigenvalue weighted by Gasteiger charge is 2.21. The quantitative estimate of drug-likeness (QED) is 0.293. The van der Waals surface area contributed by atoms with Crippen LogP contribution in [0.5, 0.6) is 0 Å². The average molecular weight is 591 g/mol. The lowest BCUT2D eigenvalue weighted by atomic mass is 10.1. The van der Waals surface area contributed by atoms with Gasteiger partial charge in [0.2, 0.25) is 0 Å². The smallest absolute Gasteiger partial charge is 0.270 e. The number of carbonyl (C=O) groups excluding carboxylic acids is 2. The van der Waals surface area contributed by atoms with E-state index < -0.39 is 5.91 Å². The number of aromatic nitrogens is 1. The second-order valence-corrected chi connectivity index (χ2v) is 11.2. The van der Waals surface area contributed by atoms with Crippen molar-refractivity contribution < 1.29 is 14.7 Å². The molecule has 10 nitrogen and oxygen atoms in total. The lowest BCUT2D eigenvalue weighted by molar-refractivity contribution is -0.125. The molecule has 0 atom stereocenters. The van der Waals surface area contributed by atoms with Crippen LogP contribution in [0.4, 0.5) is 5.69 Å². The normalized spacial score (nSPS) is 14.6. The molecule has 3 aromatic rings. The number of nitrogens with zero attached hydrogens (tertiary/aromatic N) is 4. The van der Waals surface area contributed by atoms with Gasteiger partial charge in [-0.3, -0.25) is 19.0 Å². The van der Waals surface area contributed by atoms with Gasteiger partial charge < -0.3 is 25.5 Å². The molecule has 0 bridgehead atoms. The van der Waals surface area contributed by atoms with E-state index in [0.717, 1.165) is 47.4 Å². The maximum atomic E-state index is 13.1. The van der Waals surface area contributed by atoms with E-state index in [-0.39, 0.29) is 30.2 Å². The van der Waals surface area contributed by atoms with Gasteiger partial charge in [0, 0.05) is 50.2 Å². The fourth-order valence-electron chi connectivity index (χ4n) is 5.10. The zero-order valence-corrected chi connectivity index (χ0v) is 25.0. The molecule has 0 aliphatic carbocycles. The van der Waals surface area contributed by atoms with Crippen molar-refractivity contribution in [3.05, 3.63) is 61.5 Å². The molecule has 1 saturated heterocycles. The topological polar surface area (TPSA) is 131 Å². The van der Waals surface area contributed by atoms with Crippen LogP contribution in [-0.4, -0.2) is 77.2 Å². The van der Waals surface area contributed by atoms with Crippen LogP contribution < -0.4 is 25.4 Å². The monoisotopic (exact) mass is 590 g/mol. The van der Waals surface area contributed by atoms with E-state index >= 15 is 0 Å². The first-order valence-electron chi connectivity index (χ1n) is 14.4. The number of nitrogens with one attached hydrogen (secondary N) is 2. The molecule has 222 valence electrons. The number of fused-ring (bicyclic) bond motifs is 1. The Bertz CT molecular complexity index is 1640. The van der Waals surface area contributed by atoms with Gasteiger partial charge in [-0.2, -0.15) is 5.26 Å². The van der Waals surface area contributed by atoms with Crippen LogP contribution in [0.2, 0.25) is 0 Å². The van der Waals surface area contributed by atoms with Gasteiger partial charge in [0.15, 0.2) is 5.57 Å². The molecule has 0 radical (unpaired) electrons. The van der Waals surface area contributed by atoms with Crippen LogP contribution in [-0.2, 0) is 11.3 Å². The second-order valence-electron chi connectivity index (χ2n) is 10.2. The van der Waals surface area contributed by atoms with E-state index in [0.29, 0.717) is 40.8 Å². The number of hydrogen-bond acceptors (Lipinski definition) is 8. The van der Waals surface area contributed by atoms with Gasteiger partial charge in [0.25, 0.3) is 17.4 Å². The standard InChI is InChI=1S/C31H38N6O4S/c1-3-12-36(16-17-38)29(40)26(20-32)31-37(4-2)30(41)27(42-31)21-34-25-10-9-22-18-24(8-7-23(22)19-25)28(39)33-11-15-35-13-5-6-14-35/h7-10,18-19,21,34,38H,3-6,11-17H2,1-2H3,(H,33,39)/b27-21+,31-26-. The summed E-state index contributed by atoms with van der Waals surface area (Å²) < 4.78 is 2.08. The lowest BCUT2D eigenvalue weighted by Gasteiger charge is -2.20. The Morgan fingerprint density at radius 1 is 1.12 bits per heavy atom. The van der Waals surface area contributed by atoms with Gasteiger partial charge in [0.05, 0.1) is 6.61 Å². The summed E-state index contributed by atoms with van der Waals surface area (Å²) in [5, 5.41) is 27.2. The van der Waals surface area contributed by atoms with Crippen LogP contribution in [0.15, 0.2) is 41.2 Å². The van der Waals surface area contributed by atoms with Crippen molar-refractivity contribution in [1.29, 1.82) is 5.26 Å². The molecule has 0 saturated carbocycles. The minimum Gasteiger partial charge on any atom is -0.395 e. The molecule has 2 aromatic carbocycles. The van der Waals surface area contributed by atoms with Gasteiger partial charge in [0.1, 0.15) is 15.3 Å². The molecular weight excluding hydrogens is 552 g/mol. The highest BCUT2D eigenvalue weighted by atomic mass is 32.1. The minimum atomic E-state index is -0.495. The Labute approximate surface area is 249 Å². The molecule has 2 amide bonds. The summed E-state index contributed by atoms with van der Waals surface area (Å²) in [5.74, 6) is -0.584. The number of likely N-dealkylation sites (tertiary alicyclic amines) is 1. The Morgan fingerprint density at radius 3 is 2.55 bits per heavy atom. The van der Waals surface area contributed by atoms with Crippen molar-refractivity contribution >= 4 is 51.4 Å². The van der Waals surface area contributed by atoms with Crippen LogP contribution in [0.3, 0.4) is 0 Å². The molecule has 1 aromatic heterocycles. The molecule has 42 heavy (non-hydrogen) atoms. The number of amides is 2. The van der Waals surface area contributed by atoms with Gasteiger partial charge >= 0.3 is 0 Å². The molecule has 3 N–H and O–H groups in total. The predicted molar refractivity (Wildman–Crippen MR) is 167 cm³/mol. The van der Waals surface area contributed by atoms with Gasteiger partial charge in [-0.15, -0.1) is 11.3 Å². The Hall–Kier alpha value is -3.98. The highest BCUT2D eigenvalue weighted by molar-refractivity contribution is 7.07. The lowest BCUT2D eigenvalue weighted by Crippen LogP contribution is -2.38. The van der Waals surface area contributed by atoms with E-state index in [1.54, 1.807) is 19.2 Å². The van der Waals surface area contributed by atoms with E-state index in [9.17, 15) is 24.8 Å². The molecule has 11 heteroatoms. The molecule has 0 spiro atoms. The first kappa shape index (κ1) is 31.0. The largest absolute Gasteiger partial charge is 0.395 e. The Morgan fingerprint density at radius 2 is 1.86 bits per heavy atom. The van der Waals surface area contributed by atoms with Crippen LogP contribution >= 0.6 is 11.3 Å². The zero-order chi connectivity index (χ0) is 30.1. The molecular formula is C31H38N6O4S. The summed E-state index contributed by atoms with van der Waals surface area (Å²) >= 11 is 1.08.